The highest BCUT2D eigenvalue weighted by Gasteiger charge is 2.32. The van der Waals surface area contributed by atoms with E-state index in [9.17, 15) is 14.0 Å². The smallest absolute Gasteiger partial charge is 0.249 e. The summed E-state index contributed by atoms with van der Waals surface area (Å²) in [5.41, 5.74) is 5.72. The lowest BCUT2D eigenvalue weighted by Gasteiger charge is -2.33. The van der Waals surface area contributed by atoms with Crippen LogP contribution in [0.4, 0.5) is 10.1 Å². The van der Waals surface area contributed by atoms with Crippen LogP contribution >= 0.6 is 0 Å². The van der Waals surface area contributed by atoms with E-state index in [0.717, 1.165) is 0 Å². The molecule has 0 aliphatic carbocycles. The predicted octanol–water partition coefficient (Wildman–Crippen LogP) is 0.784. The lowest BCUT2D eigenvalue weighted by molar-refractivity contribution is -0.128. The molecule has 1 aliphatic rings. The first-order valence-corrected chi connectivity index (χ1v) is 6.62. The predicted molar refractivity (Wildman–Crippen MR) is 73.6 cm³/mol. The number of nitrogens with zero attached hydrogens (tertiary/aromatic N) is 1. The molecular weight excluding hydrogens is 261 g/mol. The van der Waals surface area contributed by atoms with Crippen LogP contribution in [0.25, 0.3) is 0 Å². The molecule has 0 spiro atoms. The molecule has 2 unspecified atom stereocenters. The van der Waals surface area contributed by atoms with Gasteiger partial charge in [0.15, 0.2) is 0 Å². The molecule has 0 radical (unpaired) electrons. The third kappa shape index (κ3) is 2.96. The fourth-order valence-electron chi connectivity index (χ4n) is 2.22. The van der Waals surface area contributed by atoms with Crippen LogP contribution in [-0.4, -0.2) is 30.4 Å². The maximum atomic E-state index is 13.8. The van der Waals surface area contributed by atoms with Crippen molar-refractivity contribution >= 4 is 17.5 Å². The van der Waals surface area contributed by atoms with Gasteiger partial charge in [-0.1, -0.05) is 12.1 Å². The normalized spacial score (nSPS) is 20.6. The molecule has 2 rings (SSSR count). The molecule has 0 aromatic heterocycles. The zero-order valence-electron chi connectivity index (χ0n) is 11.3. The Morgan fingerprint density at radius 3 is 2.85 bits per heavy atom. The Morgan fingerprint density at radius 1 is 1.50 bits per heavy atom. The highest BCUT2D eigenvalue weighted by atomic mass is 19.1. The minimum absolute atomic E-state index is 0.247. The second kappa shape index (κ2) is 6.00. The Hall–Kier alpha value is -1.95. The zero-order chi connectivity index (χ0) is 14.7. The average molecular weight is 279 g/mol. The average Bonchev–Trinajstić information content (AvgIpc) is 2.42. The van der Waals surface area contributed by atoms with Crippen LogP contribution in [0.5, 0.6) is 0 Å². The van der Waals surface area contributed by atoms with Gasteiger partial charge in [0.05, 0.1) is 11.7 Å². The van der Waals surface area contributed by atoms with Crippen LogP contribution in [0.15, 0.2) is 24.3 Å². The Balaban J connectivity index is 2.15. The van der Waals surface area contributed by atoms with Crippen molar-refractivity contribution < 1.29 is 14.0 Å². The fourth-order valence-corrected chi connectivity index (χ4v) is 2.22. The van der Waals surface area contributed by atoms with Gasteiger partial charge in [0.1, 0.15) is 11.9 Å². The largest absolute Gasteiger partial charge is 0.343 e. The minimum Gasteiger partial charge on any atom is -0.343 e. The standard InChI is InChI=1S/C14H18FN3O2/c1-9(16)13(19)17-11-6-4-8-18(14(11)20)12-7-3-2-5-10(12)15/h2-3,5,7,9,11H,4,6,8,16H2,1H3,(H,17,19). The molecule has 0 bridgehead atoms. The van der Waals surface area contributed by atoms with Gasteiger partial charge in [-0.05, 0) is 31.9 Å². The molecule has 0 saturated carbocycles. The van der Waals surface area contributed by atoms with E-state index in [1.807, 2.05) is 0 Å². The number of hydrogen-bond donors (Lipinski definition) is 2. The monoisotopic (exact) mass is 279 g/mol. The van der Waals surface area contributed by atoms with Crippen molar-refractivity contribution in [3.63, 3.8) is 0 Å². The Kier molecular flexibility index (Phi) is 4.34. The second-order valence-electron chi connectivity index (χ2n) is 4.93. The summed E-state index contributed by atoms with van der Waals surface area (Å²) >= 11 is 0. The molecule has 1 aromatic carbocycles. The number of piperidine rings is 1. The van der Waals surface area contributed by atoms with Gasteiger partial charge in [-0.2, -0.15) is 0 Å². The lowest BCUT2D eigenvalue weighted by atomic mass is 10.0. The third-order valence-corrected chi connectivity index (χ3v) is 3.31. The van der Waals surface area contributed by atoms with E-state index >= 15 is 0 Å². The van der Waals surface area contributed by atoms with E-state index in [1.54, 1.807) is 25.1 Å². The molecule has 108 valence electrons. The number of anilines is 1. The minimum atomic E-state index is -0.674. The quantitative estimate of drug-likeness (QED) is 0.858. The molecule has 2 amide bonds. The summed E-state index contributed by atoms with van der Waals surface area (Å²) in [6.45, 7) is 2.00. The highest BCUT2D eigenvalue weighted by molar-refractivity contribution is 6.00. The second-order valence-corrected chi connectivity index (χ2v) is 4.93. The van der Waals surface area contributed by atoms with Crippen molar-refractivity contribution in [3.8, 4) is 0 Å². The van der Waals surface area contributed by atoms with Crippen LogP contribution in [0, 0.1) is 5.82 Å². The van der Waals surface area contributed by atoms with Gasteiger partial charge in [0.2, 0.25) is 11.8 Å². The number of carbonyl (C=O) groups is 2. The number of amides is 2. The summed E-state index contributed by atoms with van der Waals surface area (Å²) in [6.07, 6.45) is 1.24. The topological polar surface area (TPSA) is 75.4 Å². The van der Waals surface area contributed by atoms with Gasteiger partial charge in [-0.15, -0.1) is 0 Å². The third-order valence-electron chi connectivity index (χ3n) is 3.31. The molecule has 1 aromatic rings. The molecule has 1 heterocycles. The molecule has 5 nitrogen and oxygen atoms in total. The Labute approximate surface area is 116 Å². The van der Waals surface area contributed by atoms with Gasteiger partial charge in [-0.25, -0.2) is 4.39 Å². The molecule has 20 heavy (non-hydrogen) atoms. The zero-order valence-corrected chi connectivity index (χ0v) is 11.3. The first-order chi connectivity index (χ1) is 9.50. The summed E-state index contributed by atoms with van der Waals surface area (Å²) in [5, 5.41) is 2.61. The van der Waals surface area contributed by atoms with E-state index in [1.165, 1.54) is 11.0 Å². The van der Waals surface area contributed by atoms with Gasteiger partial charge in [-0.3, -0.25) is 9.59 Å². The van der Waals surface area contributed by atoms with Crippen molar-refractivity contribution in [2.75, 3.05) is 11.4 Å². The number of benzene rings is 1. The summed E-state index contributed by atoms with van der Waals surface area (Å²) in [4.78, 5) is 25.3. The SMILES string of the molecule is CC(N)C(=O)NC1CCCN(c2ccccc2F)C1=O. The molecule has 1 aliphatic heterocycles. The number of nitrogens with one attached hydrogen (secondary N) is 1. The molecule has 1 fully saturated rings. The molecule has 2 atom stereocenters. The van der Waals surface area contributed by atoms with Crippen LogP contribution in [0.2, 0.25) is 0 Å². The van der Waals surface area contributed by atoms with Crippen molar-refractivity contribution in [2.24, 2.45) is 5.73 Å². The molecule has 3 N–H and O–H groups in total. The number of para-hydroxylation sites is 1. The number of halogens is 1. The maximum Gasteiger partial charge on any atom is 0.249 e. The fraction of sp³-hybridized carbons (Fsp3) is 0.429. The van der Waals surface area contributed by atoms with E-state index in [0.29, 0.717) is 19.4 Å². The van der Waals surface area contributed by atoms with Gasteiger partial charge < -0.3 is 16.0 Å². The number of rotatable bonds is 3. The van der Waals surface area contributed by atoms with Crippen LogP contribution < -0.4 is 16.0 Å². The van der Waals surface area contributed by atoms with Crippen molar-refractivity contribution in [1.82, 2.24) is 5.32 Å². The van der Waals surface area contributed by atoms with Gasteiger partial charge in [0.25, 0.3) is 0 Å². The van der Waals surface area contributed by atoms with E-state index in [-0.39, 0.29) is 17.5 Å². The van der Waals surface area contributed by atoms with E-state index < -0.39 is 17.9 Å². The van der Waals surface area contributed by atoms with E-state index in [4.69, 9.17) is 5.73 Å². The summed E-state index contributed by atoms with van der Waals surface area (Å²) in [5.74, 6) is -1.12. The Morgan fingerprint density at radius 2 is 2.20 bits per heavy atom. The number of nitrogens with two attached hydrogens (primary N) is 1. The van der Waals surface area contributed by atoms with Crippen LogP contribution in [0.3, 0.4) is 0 Å². The van der Waals surface area contributed by atoms with Crippen molar-refractivity contribution in [3.05, 3.63) is 30.1 Å². The lowest BCUT2D eigenvalue weighted by Crippen LogP contribution is -2.55. The van der Waals surface area contributed by atoms with Crippen LogP contribution in [0.1, 0.15) is 19.8 Å². The first kappa shape index (κ1) is 14.5. The highest BCUT2D eigenvalue weighted by Crippen LogP contribution is 2.23. The van der Waals surface area contributed by atoms with Gasteiger partial charge >= 0.3 is 0 Å². The van der Waals surface area contributed by atoms with E-state index in [2.05, 4.69) is 5.32 Å². The van der Waals surface area contributed by atoms with Crippen molar-refractivity contribution in [1.29, 1.82) is 0 Å². The van der Waals surface area contributed by atoms with Crippen LogP contribution in [-0.2, 0) is 9.59 Å². The summed E-state index contributed by atoms with van der Waals surface area (Å²) in [6, 6.07) is 4.81. The number of carbonyl (C=O) groups excluding carboxylic acids is 2. The summed E-state index contributed by atoms with van der Waals surface area (Å²) in [7, 11) is 0. The summed E-state index contributed by atoms with van der Waals surface area (Å²) < 4.78 is 13.8. The van der Waals surface area contributed by atoms with Gasteiger partial charge in [0, 0.05) is 6.54 Å². The van der Waals surface area contributed by atoms with Crippen molar-refractivity contribution in [2.45, 2.75) is 31.8 Å². The maximum absolute atomic E-state index is 13.8. The number of hydrogen-bond acceptors (Lipinski definition) is 3. The molecular formula is C14H18FN3O2. The first-order valence-electron chi connectivity index (χ1n) is 6.62. The molecule has 6 heteroatoms. The molecule has 1 saturated heterocycles. The Bertz CT molecular complexity index is 519.